The van der Waals surface area contributed by atoms with Crippen LogP contribution in [0.25, 0.3) is 21.7 Å². The Morgan fingerprint density at radius 2 is 2.05 bits per heavy atom. The predicted octanol–water partition coefficient (Wildman–Crippen LogP) is 3.04. The first kappa shape index (κ1) is 12.3. The minimum atomic E-state index is -0.918. The molecule has 1 N–H and O–H groups in total. The Balaban J connectivity index is 2.29. The zero-order chi connectivity index (χ0) is 13.4. The number of aromatic nitrogens is 2. The molecule has 0 unspecified atom stereocenters. The number of hydrogen-bond donors (Lipinski definition) is 1. The lowest BCUT2D eigenvalue weighted by atomic mass is 10.3. The van der Waals surface area contributed by atoms with E-state index >= 15 is 0 Å². The van der Waals surface area contributed by atoms with Crippen LogP contribution in [0.2, 0.25) is 0 Å². The molecular weight excluding hydrogens is 270 g/mol. The summed E-state index contributed by atoms with van der Waals surface area (Å²) in [7, 11) is 0. The third-order valence-electron chi connectivity index (χ3n) is 2.86. The van der Waals surface area contributed by atoms with Gasteiger partial charge in [0.15, 0.2) is 17.5 Å². The summed E-state index contributed by atoms with van der Waals surface area (Å²) in [6.45, 7) is 0.192. The van der Waals surface area contributed by atoms with Crippen LogP contribution in [-0.4, -0.2) is 21.3 Å². The van der Waals surface area contributed by atoms with E-state index in [4.69, 9.17) is 5.11 Å². The Hall–Kier alpha value is -1.79. The zero-order valence-corrected chi connectivity index (χ0v) is 10.6. The maximum Gasteiger partial charge on any atom is 0.161 e. The molecule has 0 bridgehead atoms. The first-order chi connectivity index (χ1) is 9.20. The summed E-state index contributed by atoms with van der Waals surface area (Å²) in [6, 6.07) is 5.95. The van der Waals surface area contributed by atoms with Gasteiger partial charge in [-0.3, -0.25) is 0 Å². The van der Waals surface area contributed by atoms with E-state index in [1.54, 1.807) is 4.57 Å². The Morgan fingerprint density at radius 1 is 1.26 bits per heavy atom. The maximum absolute atomic E-state index is 13.3. The van der Waals surface area contributed by atoms with Crippen LogP contribution in [0.15, 0.2) is 29.6 Å². The minimum absolute atomic E-state index is 0.0944. The van der Waals surface area contributed by atoms with E-state index in [0.29, 0.717) is 16.9 Å². The molecular formula is C13H10F2N2OS. The Labute approximate surface area is 111 Å². The normalized spacial score (nSPS) is 11.3. The van der Waals surface area contributed by atoms with Crippen molar-refractivity contribution in [1.29, 1.82) is 0 Å². The number of rotatable bonds is 3. The highest BCUT2D eigenvalue weighted by molar-refractivity contribution is 7.13. The number of benzene rings is 1. The van der Waals surface area contributed by atoms with E-state index in [1.165, 1.54) is 11.3 Å². The summed E-state index contributed by atoms with van der Waals surface area (Å²) in [6.07, 6.45) is 0. The van der Waals surface area contributed by atoms with Crippen molar-refractivity contribution in [3.05, 3.63) is 41.3 Å². The number of aliphatic hydroxyl groups excluding tert-OH is 1. The molecule has 2 aromatic heterocycles. The van der Waals surface area contributed by atoms with Gasteiger partial charge in [-0.05, 0) is 11.4 Å². The summed E-state index contributed by atoms with van der Waals surface area (Å²) < 4.78 is 28.3. The van der Waals surface area contributed by atoms with Gasteiger partial charge in [0.25, 0.3) is 0 Å². The van der Waals surface area contributed by atoms with E-state index in [2.05, 4.69) is 4.98 Å². The second-order valence-corrected chi connectivity index (χ2v) is 4.99. The van der Waals surface area contributed by atoms with E-state index in [0.717, 1.165) is 17.0 Å². The van der Waals surface area contributed by atoms with Gasteiger partial charge in [0.2, 0.25) is 0 Å². The summed E-state index contributed by atoms with van der Waals surface area (Å²) in [4.78, 5) is 5.23. The molecule has 0 aliphatic rings. The van der Waals surface area contributed by atoms with Crippen LogP contribution in [0.5, 0.6) is 0 Å². The first-order valence-electron chi connectivity index (χ1n) is 5.70. The topological polar surface area (TPSA) is 38.0 Å². The van der Waals surface area contributed by atoms with Crippen molar-refractivity contribution in [3.8, 4) is 10.7 Å². The lowest BCUT2D eigenvalue weighted by Crippen LogP contribution is -2.03. The minimum Gasteiger partial charge on any atom is -0.395 e. The van der Waals surface area contributed by atoms with Gasteiger partial charge in [0.05, 0.1) is 22.5 Å². The summed E-state index contributed by atoms with van der Waals surface area (Å²) in [5, 5.41) is 11.0. The van der Waals surface area contributed by atoms with E-state index in [9.17, 15) is 8.78 Å². The fourth-order valence-corrected chi connectivity index (χ4v) is 2.76. The Kier molecular flexibility index (Phi) is 3.04. The largest absolute Gasteiger partial charge is 0.395 e. The quantitative estimate of drug-likeness (QED) is 0.800. The van der Waals surface area contributed by atoms with Crippen LogP contribution in [0.3, 0.4) is 0 Å². The molecule has 3 nitrogen and oxygen atoms in total. The van der Waals surface area contributed by atoms with Crippen LogP contribution >= 0.6 is 11.3 Å². The zero-order valence-electron chi connectivity index (χ0n) is 9.81. The van der Waals surface area contributed by atoms with Gasteiger partial charge in [-0.15, -0.1) is 11.3 Å². The van der Waals surface area contributed by atoms with E-state index in [1.807, 2.05) is 17.5 Å². The fraction of sp³-hybridized carbons (Fsp3) is 0.154. The molecule has 1 aromatic carbocycles. The monoisotopic (exact) mass is 280 g/mol. The van der Waals surface area contributed by atoms with Crippen molar-refractivity contribution in [2.45, 2.75) is 6.54 Å². The van der Waals surface area contributed by atoms with Crippen molar-refractivity contribution in [2.24, 2.45) is 0 Å². The van der Waals surface area contributed by atoms with E-state index in [-0.39, 0.29) is 13.2 Å². The average molecular weight is 280 g/mol. The number of aliphatic hydroxyl groups is 1. The average Bonchev–Trinajstić information content (AvgIpc) is 3.00. The molecule has 0 aliphatic heterocycles. The molecule has 6 heteroatoms. The van der Waals surface area contributed by atoms with Crippen molar-refractivity contribution in [3.63, 3.8) is 0 Å². The smallest absolute Gasteiger partial charge is 0.161 e. The standard InChI is InChI=1S/C13H10F2N2OS/c14-8-6-10-11(7-9(8)15)17(3-4-18)13(16-10)12-2-1-5-19-12/h1-2,5-7,18H,3-4H2. The first-order valence-corrected chi connectivity index (χ1v) is 6.58. The van der Waals surface area contributed by atoms with E-state index < -0.39 is 11.6 Å². The Morgan fingerprint density at radius 3 is 2.74 bits per heavy atom. The molecule has 0 amide bonds. The Bertz CT molecular complexity index is 722. The SMILES string of the molecule is OCCn1c(-c2cccs2)nc2cc(F)c(F)cc21. The molecule has 0 atom stereocenters. The fourth-order valence-electron chi connectivity index (χ4n) is 2.04. The molecule has 0 saturated carbocycles. The van der Waals surface area contributed by atoms with Gasteiger partial charge < -0.3 is 9.67 Å². The summed E-state index contributed by atoms with van der Waals surface area (Å²) in [5.74, 6) is -1.22. The number of halogens is 2. The molecule has 19 heavy (non-hydrogen) atoms. The summed E-state index contributed by atoms with van der Waals surface area (Å²) >= 11 is 1.49. The molecule has 3 aromatic rings. The van der Waals surface area contributed by atoms with Gasteiger partial charge in [-0.2, -0.15) is 0 Å². The second-order valence-electron chi connectivity index (χ2n) is 4.04. The molecule has 0 spiro atoms. The maximum atomic E-state index is 13.3. The van der Waals surface area contributed by atoms with Crippen molar-refractivity contribution in [1.82, 2.24) is 9.55 Å². The molecule has 98 valence electrons. The van der Waals surface area contributed by atoms with Crippen molar-refractivity contribution in [2.75, 3.05) is 6.61 Å². The lowest BCUT2D eigenvalue weighted by molar-refractivity contribution is 0.278. The number of nitrogens with zero attached hydrogens (tertiary/aromatic N) is 2. The molecule has 0 saturated heterocycles. The third kappa shape index (κ3) is 2.02. The van der Waals surface area contributed by atoms with Crippen LogP contribution in [0.1, 0.15) is 0 Å². The van der Waals surface area contributed by atoms with Gasteiger partial charge >= 0.3 is 0 Å². The van der Waals surface area contributed by atoms with Gasteiger partial charge in [0.1, 0.15) is 0 Å². The third-order valence-corrected chi connectivity index (χ3v) is 3.72. The molecule has 2 heterocycles. The number of fused-ring (bicyclic) bond motifs is 1. The van der Waals surface area contributed by atoms with Gasteiger partial charge in [-0.25, -0.2) is 13.8 Å². The molecule has 0 fully saturated rings. The summed E-state index contributed by atoms with van der Waals surface area (Å²) in [5.41, 5.74) is 0.868. The van der Waals surface area contributed by atoms with Crippen LogP contribution in [0, 0.1) is 11.6 Å². The van der Waals surface area contributed by atoms with Gasteiger partial charge in [-0.1, -0.05) is 6.07 Å². The van der Waals surface area contributed by atoms with Gasteiger partial charge in [0, 0.05) is 18.7 Å². The molecule has 0 radical (unpaired) electrons. The lowest BCUT2D eigenvalue weighted by Gasteiger charge is -2.05. The number of hydrogen-bond acceptors (Lipinski definition) is 3. The van der Waals surface area contributed by atoms with Crippen LogP contribution in [-0.2, 0) is 6.54 Å². The van der Waals surface area contributed by atoms with Crippen LogP contribution < -0.4 is 0 Å². The predicted molar refractivity (Wildman–Crippen MR) is 70.0 cm³/mol. The number of thiophene rings is 1. The molecule has 0 aliphatic carbocycles. The van der Waals surface area contributed by atoms with Crippen LogP contribution in [0.4, 0.5) is 8.78 Å². The highest BCUT2D eigenvalue weighted by Gasteiger charge is 2.15. The van der Waals surface area contributed by atoms with Crippen molar-refractivity contribution >= 4 is 22.4 Å². The highest BCUT2D eigenvalue weighted by Crippen LogP contribution is 2.29. The second kappa shape index (κ2) is 4.71. The number of imidazole rings is 1. The molecule has 3 rings (SSSR count). The van der Waals surface area contributed by atoms with Crippen molar-refractivity contribution < 1.29 is 13.9 Å². The highest BCUT2D eigenvalue weighted by atomic mass is 32.1.